The SMILES string of the molecule is CCC(C)C(NC(=O)C(Cc1ccc(O)cc1)NC(=O)C(C)N)C(=O)N1CCCC1C(=O)NC(CCC(=O)O)C(=O)NCC(=O)NC(CCC(N)=O)C(=O)NC(CCCN=C(N)N)C(=O)NC(Cc1ccc(O)cc1)C(=O)O. The average Bonchev–Trinajstić information content (AvgIpc) is 3.89. The topological polar surface area (TPSA) is 473 Å². The molecule has 28 nitrogen and oxygen atoms in total. The van der Waals surface area contributed by atoms with Crippen molar-refractivity contribution < 1.29 is 73.2 Å². The van der Waals surface area contributed by atoms with Gasteiger partial charge < -0.3 is 85.5 Å². The molecule has 9 amide bonds. The first-order valence-electron chi connectivity index (χ1n) is 25.3. The Balaban J connectivity index is 1.78. The van der Waals surface area contributed by atoms with Crippen LogP contribution in [0.3, 0.4) is 0 Å². The van der Waals surface area contributed by atoms with Gasteiger partial charge in [-0.05, 0) is 86.8 Å². The summed E-state index contributed by atoms with van der Waals surface area (Å²) in [7, 11) is 0. The van der Waals surface area contributed by atoms with Gasteiger partial charge >= 0.3 is 11.9 Å². The molecule has 1 aliphatic heterocycles. The highest BCUT2D eigenvalue weighted by Crippen LogP contribution is 2.23. The van der Waals surface area contributed by atoms with Gasteiger partial charge in [-0.15, -0.1) is 0 Å². The standard InChI is InChI=1S/C50H73N13O15/c1-4-26(2)41(62-46(74)35(60-42(70)27(3)51)23-28-9-13-30(64)14-10-28)48(76)63-22-6-8-37(63)47(75)59-33(18-20-40(68)69)43(71)56-25-39(67)57-34(17-19-38(52)66)45(73)58-32(7-5-21-55-50(53)54)44(72)61-36(49(77)78)24-29-11-15-31(65)16-12-29/h9-16,26-27,32-37,41,64-65H,4-8,17-25,51H2,1-3H3,(H2,52,66)(H,56,71)(H,57,67)(H,58,73)(H,59,75)(H,60,70)(H,61,72)(H,62,74)(H,68,69)(H,77,78)(H4,53,54,55). The third kappa shape index (κ3) is 21.6. The Morgan fingerprint density at radius 1 is 0.654 bits per heavy atom. The lowest BCUT2D eigenvalue weighted by atomic mass is 9.96. The largest absolute Gasteiger partial charge is 0.508 e. The van der Waals surface area contributed by atoms with E-state index in [4.69, 9.17) is 22.9 Å². The summed E-state index contributed by atoms with van der Waals surface area (Å²) in [6, 6.07) is 0.702. The summed E-state index contributed by atoms with van der Waals surface area (Å²) < 4.78 is 0. The number of aromatic hydroxyl groups is 2. The molecule has 19 N–H and O–H groups in total. The van der Waals surface area contributed by atoms with E-state index in [0.29, 0.717) is 24.0 Å². The number of nitrogens with zero attached hydrogens (tertiary/aromatic N) is 2. The van der Waals surface area contributed by atoms with E-state index in [1.807, 2.05) is 0 Å². The van der Waals surface area contributed by atoms with Crippen LogP contribution in [0.15, 0.2) is 53.5 Å². The maximum absolute atomic E-state index is 14.4. The van der Waals surface area contributed by atoms with Gasteiger partial charge in [-0.2, -0.15) is 0 Å². The number of guanidine groups is 1. The number of carbonyl (C=O) groups is 11. The van der Waals surface area contributed by atoms with Gasteiger partial charge in [-0.1, -0.05) is 44.5 Å². The highest BCUT2D eigenvalue weighted by molar-refractivity contribution is 5.98. The van der Waals surface area contributed by atoms with Crippen molar-refractivity contribution in [2.24, 2.45) is 33.8 Å². The Morgan fingerprint density at radius 3 is 1.69 bits per heavy atom. The molecule has 0 aromatic heterocycles. The molecule has 428 valence electrons. The van der Waals surface area contributed by atoms with E-state index in [9.17, 15) is 73.2 Å². The Kier molecular flexibility index (Phi) is 25.7. The molecule has 3 rings (SSSR count). The molecule has 1 fully saturated rings. The molecule has 0 aliphatic carbocycles. The summed E-state index contributed by atoms with van der Waals surface area (Å²) in [4.78, 5) is 150. The molecule has 9 atom stereocenters. The number of hydrogen-bond donors (Lipinski definition) is 15. The number of hydrogen-bond acceptors (Lipinski definition) is 15. The number of carboxylic acids is 2. The van der Waals surface area contributed by atoms with Crippen LogP contribution in [-0.2, 0) is 65.6 Å². The van der Waals surface area contributed by atoms with Crippen LogP contribution in [0.4, 0.5) is 0 Å². The van der Waals surface area contributed by atoms with Crippen LogP contribution in [0.1, 0.15) is 89.7 Å². The fourth-order valence-corrected chi connectivity index (χ4v) is 8.08. The minimum absolute atomic E-state index is 0.00759. The van der Waals surface area contributed by atoms with Gasteiger partial charge in [0.15, 0.2) is 5.96 Å². The molecule has 2 aromatic rings. The molecule has 1 saturated heterocycles. The third-order valence-electron chi connectivity index (χ3n) is 12.6. The van der Waals surface area contributed by atoms with Crippen molar-refractivity contribution in [2.45, 2.75) is 140 Å². The predicted octanol–water partition coefficient (Wildman–Crippen LogP) is -3.44. The van der Waals surface area contributed by atoms with Crippen molar-refractivity contribution >= 4 is 71.1 Å². The lowest BCUT2D eigenvalue weighted by molar-refractivity contribution is -0.143. The minimum Gasteiger partial charge on any atom is -0.508 e. The number of aliphatic imine (C=N–C) groups is 1. The Hall–Kier alpha value is -8.56. The number of phenolic OH excluding ortho intramolecular Hbond substituents is 2. The van der Waals surface area contributed by atoms with Crippen LogP contribution in [0.2, 0.25) is 0 Å². The van der Waals surface area contributed by atoms with Crippen LogP contribution < -0.4 is 60.2 Å². The fourth-order valence-electron chi connectivity index (χ4n) is 8.08. The number of carboxylic acid groups (broad SMARTS) is 2. The number of aliphatic carboxylic acids is 2. The van der Waals surface area contributed by atoms with Gasteiger partial charge in [-0.25, -0.2) is 4.79 Å². The molecule has 2 aromatic carbocycles. The second-order valence-electron chi connectivity index (χ2n) is 18.9. The average molecular weight is 1100 g/mol. The number of nitrogens with one attached hydrogen (secondary N) is 7. The van der Waals surface area contributed by atoms with E-state index in [1.165, 1.54) is 48.2 Å². The Labute approximate surface area is 449 Å². The zero-order chi connectivity index (χ0) is 58.2. The first-order chi connectivity index (χ1) is 36.8. The number of amides is 9. The summed E-state index contributed by atoms with van der Waals surface area (Å²) in [6.45, 7) is 4.08. The van der Waals surface area contributed by atoms with E-state index in [2.05, 4.69) is 42.2 Å². The number of nitrogens with two attached hydrogens (primary N) is 4. The molecule has 0 bridgehead atoms. The molecule has 1 aliphatic rings. The summed E-state index contributed by atoms with van der Waals surface area (Å²) >= 11 is 0. The smallest absolute Gasteiger partial charge is 0.326 e. The van der Waals surface area contributed by atoms with Gasteiger partial charge in [-0.3, -0.25) is 52.9 Å². The molecule has 0 spiro atoms. The molecule has 28 heteroatoms. The van der Waals surface area contributed by atoms with Gasteiger partial charge in [0.2, 0.25) is 53.2 Å². The molecule has 0 radical (unpaired) electrons. The van der Waals surface area contributed by atoms with E-state index < -0.39 is 152 Å². The molecular formula is C50H73N13O15. The normalized spacial score (nSPS) is 15.9. The monoisotopic (exact) mass is 1100 g/mol. The van der Waals surface area contributed by atoms with Gasteiger partial charge in [0.1, 0.15) is 53.8 Å². The number of rotatable bonds is 32. The van der Waals surface area contributed by atoms with Crippen LogP contribution in [0, 0.1) is 5.92 Å². The lowest BCUT2D eigenvalue weighted by Gasteiger charge is -2.33. The Bertz CT molecular complexity index is 2470. The molecule has 9 unspecified atom stereocenters. The van der Waals surface area contributed by atoms with Gasteiger partial charge in [0.25, 0.3) is 0 Å². The van der Waals surface area contributed by atoms with E-state index >= 15 is 0 Å². The number of benzene rings is 2. The number of phenols is 2. The maximum Gasteiger partial charge on any atom is 0.326 e. The zero-order valence-corrected chi connectivity index (χ0v) is 43.7. The summed E-state index contributed by atoms with van der Waals surface area (Å²) in [5.74, 6) is -11.4. The second-order valence-corrected chi connectivity index (χ2v) is 18.9. The van der Waals surface area contributed by atoms with E-state index in [1.54, 1.807) is 26.0 Å². The van der Waals surface area contributed by atoms with Crippen molar-refractivity contribution in [3.05, 3.63) is 59.7 Å². The minimum atomic E-state index is -1.59. The van der Waals surface area contributed by atoms with Crippen molar-refractivity contribution in [3.8, 4) is 11.5 Å². The van der Waals surface area contributed by atoms with Crippen molar-refractivity contribution in [1.29, 1.82) is 0 Å². The second kappa shape index (κ2) is 31.5. The first-order valence-corrected chi connectivity index (χ1v) is 25.3. The number of primary amides is 1. The fraction of sp³-hybridized carbons (Fsp3) is 0.520. The lowest BCUT2D eigenvalue weighted by Crippen LogP contribution is -2.60. The zero-order valence-electron chi connectivity index (χ0n) is 43.7. The third-order valence-corrected chi connectivity index (χ3v) is 12.6. The van der Waals surface area contributed by atoms with Crippen molar-refractivity contribution in [1.82, 2.24) is 42.1 Å². The summed E-state index contributed by atoms with van der Waals surface area (Å²) in [5.41, 5.74) is 22.9. The van der Waals surface area contributed by atoms with Crippen LogP contribution >= 0.6 is 0 Å². The quantitative estimate of drug-likeness (QED) is 0.0193. The highest BCUT2D eigenvalue weighted by Gasteiger charge is 2.41. The van der Waals surface area contributed by atoms with Crippen molar-refractivity contribution in [3.63, 3.8) is 0 Å². The van der Waals surface area contributed by atoms with Gasteiger partial charge in [0.05, 0.1) is 12.6 Å². The van der Waals surface area contributed by atoms with E-state index in [-0.39, 0.29) is 62.7 Å². The predicted molar refractivity (Wildman–Crippen MR) is 279 cm³/mol. The number of carbonyl (C=O) groups excluding carboxylic acids is 9. The summed E-state index contributed by atoms with van der Waals surface area (Å²) in [5, 5.41) is 56.1. The molecule has 0 saturated carbocycles. The van der Waals surface area contributed by atoms with Crippen LogP contribution in [-0.4, -0.2) is 164 Å². The number of likely N-dealkylation sites (tertiary alicyclic amines) is 1. The molecular weight excluding hydrogens is 1020 g/mol. The maximum atomic E-state index is 14.4. The van der Waals surface area contributed by atoms with Crippen LogP contribution in [0.25, 0.3) is 0 Å². The molecule has 78 heavy (non-hydrogen) atoms. The Morgan fingerprint density at radius 2 is 1.17 bits per heavy atom. The molecule has 1 heterocycles. The highest BCUT2D eigenvalue weighted by atomic mass is 16.4. The first kappa shape index (κ1) is 63.7. The summed E-state index contributed by atoms with van der Waals surface area (Å²) in [6.07, 6.45) is -1.50. The van der Waals surface area contributed by atoms with Gasteiger partial charge in [0, 0.05) is 38.8 Å². The van der Waals surface area contributed by atoms with Crippen LogP contribution in [0.5, 0.6) is 11.5 Å². The van der Waals surface area contributed by atoms with Crippen molar-refractivity contribution in [2.75, 3.05) is 19.6 Å². The van der Waals surface area contributed by atoms with E-state index in [0.717, 1.165) is 0 Å².